The number of amides is 1. The Morgan fingerprint density at radius 2 is 2.10 bits per heavy atom. The van der Waals surface area contributed by atoms with Gasteiger partial charge in [-0.1, -0.05) is 13.3 Å². The second-order valence-corrected chi connectivity index (χ2v) is 5.92. The van der Waals surface area contributed by atoms with Crippen LogP contribution < -0.4 is 5.32 Å². The Morgan fingerprint density at radius 3 is 2.57 bits per heavy atom. The number of carboxylic acids is 1. The standard InChI is InChI=1S/C13H15IN2O5/c1-3-6-13(2,12(18)19)15-11(17)9-7-8(16(20)21)4-5-10(9)14/h4-5,7H,3,6H2,1-2H3,(H,15,17)(H,18,19). The number of carboxylic acid groups (broad SMARTS) is 1. The average molecular weight is 406 g/mol. The van der Waals surface area contributed by atoms with Gasteiger partial charge < -0.3 is 10.4 Å². The van der Waals surface area contributed by atoms with Gasteiger partial charge in [-0.25, -0.2) is 4.79 Å². The molecule has 0 bridgehead atoms. The zero-order valence-corrected chi connectivity index (χ0v) is 13.7. The first-order valence-electron chi connectivity index (χ1n) is 6.21. The first kappa shape index (κ1) is 17.3. The monoisotopic (exact) mass is 406 g/mol. The van der Waals surface area contributed by atoms with E-state index in [2.05, 4.69) is 5.32 Å². The molecule has 0 aliphatic heterocycles. The number of nitrogens with one attached hydrogen (secondary N) is 1. The quantitative estimate of drug-likeness (QED) is 0.429. The van der Waals surface area contributed by atoms with Crippen LogP contribution in [-0.4, -0.2) is 27.4 Å². The number of rotatable bonds is 6. The molecule has 8 heteroatoms. The largest absolute Gasteiger partial charge is 0.480 e. The second-order valence-electron chi connectivity index (χ2n) is 4.76. The van der Waals surface area contributed by atoms with Crippen LogP contribution in [0.5, 0.6) is 0 Å². The molecule has 2 N–H and O–H groups in total. The molecule has 0 aliphatic carbocycles. The summed E-state index contributed by atoms with van der Waals surface area (Å²) in [5, 5.41) is 22.5. The van der Waals surface area contributed by atoms with Crippen molar-refractivity contribution in [3.8, 4) is 0 Å². The van der Waals surface area contributed by atoms with Gasteiger partial charge in [-0.2, -0.15) is 0 Å². The fourth-order valence-corrected chi connectivity index (χ4v) is 2.42. The van der Waals surface area contributed by atoms with Crippen LogP contribution in [0.2, 0.25) is 0 Å². The van der Waals surface area contributed by atoms with E-state index in [4.69, 9.17) is 0 Å². The van der Waals surface area contributed by atoms with Crippen LogP contribution in [-0.2, 0) is 4.79 Å². The van der Waals surface area contributed by atoms with E-state index in [9.17, 15) is 24.8 Å². The predicted molar refractivity (Wildman–Crippen MR) is 84.2 cm³/mol. The topological polar surface area (TPSA) is 110 Å². The Kier molecular flexibility index (Phi) is 5.64. The molecule has 0 aromatic heterocycles. The normalized spacial score (nSPS) is 13.3. The Balaban J connectivity index is 3.11. The molecule has 0 aliphatic rings. The molecule has 1 aromatic carbocycles. The van der Waals surface area contributed by atoms with Crippen molar-refractivity contribution in [2.75, 3.05) is 0 Å². The van der Waals surface area contributed by atoms with Crippen LogP contribution in [0.15, 0.2) is 18.2 Å². The molecule has 0 saturated heterocycles. The van der Waals surface area contributed by atoms with E-state index in [0.29, 0.717) is 9.99 Å². The highest BCUT2D eigenvalue weighted by molar-refractivity contribution is 14.1. The summed E-state index contributed by atoms with van der Waals surface area (Å²) in [6, 6.07) is 3.89. The third kappa shape index (κ3) is 4.13. The van der Waals surface area contributed by atoms with E-state index >= 15 is 0 Å². The molecule has 21 heavy (non-hydrogen) atoms. The number of carbonyl (C=O) groups is 2. The summed E-state index contributed by atoms with van der Waals surface area (Å²) in [6.45, 7) is 3.23. The minimum atomic E-state index is -1.40. The molecule has 1 unspecified atom stereocenters. The van der Waals surface area contributed by atoms with Gasteiger partial charge in [0, 0.05) is 15.7 Å². The van der Waals surface area contributed by atoms with Gasteiger partial charge in [0.05, 0.1) is 10.5 Å². The van der Waals surface area contributed by atoms with E-state index in [1.165, 1.54) is 19.1 Å². The van der Waals surface area contributed by atoms with E-state index < -0.39 is 22.3 Å². The summed E-state index contributed by atoms with van der Waals surface area (Å²) in [6.07, 6.45) is 0.842. The lowest BCUT2D eigenvalue weighted by atomic mass is 9.95. The molecule has 1 rings (SSSR count). The van der Waals surface area contributed by atoms with Crippen LogP contribution >= 0.6 is 22.6 Å². The number of nitrogens with zero attached hydrogens (tertiary/aromatic N) is 1. The Labute approximate surface area is 135 Å². The Bertz CT molecular complexity index is 590. The molecule has 0 radical (unpaired) electrons. The number of hydrogen-bond donors (Lipinski definition) is 2. The highest BCUT2D eigenvalue weighted by Crippen LogP contribution is 2.21. The summed E-state index contributed by atoms with van der Waals surface area (Å²) in [5.41, 5.74) is -1.53. The van der Waals surface area contributed by atoms with Gasteiger partial charge in [-0.3, -0.25) is 14.9 Å². The van der Waals surface area contributed by atoms with Crippen molar-refractivity contribution in [3.05, 3.63) is 37.4 Å². The van der Waals surface area contributed by atoms with Crippen molar-refractivity contribution in [3.63, 3.8) is 0 Å². The summed E-state index contributed by atoms with van der Waals surface area (Å²) in [4.78, 5) is 33.7. The van der Waals surface area contributed by atoms with Crippen molar-refractivity contribution < 1.29 is 19.6 Å². The first-order chi connectivity index (χ1) is 9.71. The smallest absolute Gasteiger partial charge is 0.329 e. The molecule has 114 valence electrons. The minimum absolute atomic E-state index is 0.0911. The van der Waals surface area contributed by atoms with Crippen molar-refractivity contribution >= 4 is 40.2 Å². The number of aliphatic carboxylic acids is 1. The number of non-ortho nitro benzene ring substituents is 1. The highest BCUT2D eigenvalue weighted by Gasteiger charge is 2.34. The molecule has 1 aromatic rings. The molecule has 1 amide bonds. The van der Waals surface area contributed by atoms with Gasteiger partial charge in [0.15, 0.2) is 0 Å². The van der Waals surface area contributed by atoms with Crippen molar-refractivity contribution in [2.45, 2.75) is 32.2 Å². The molecule has 0 spiro atoms. The minimum Gasteiger partial charge on any atom is -0.480 e. The average Bonchev–Trinajstić information content (AvgIpc) is 2.38. The fraction of sp³-hybridized carbons (Fsp3) is 0.385. The zero-order chi connectivity index (χ0) is 16.2. The molecule has 1 atom stereocenters. The van der Waals surface area contributed by atoms with Crippen molar-refractivity contribution in [1.29, 1.82) is 0 Å². The van der Waals surface area contributed by atoms with Crippen LogP contribution in [0.1, 0.15) is 37.0 Å². The lowest BCUT2D eigenvalue weighted by Gasteiger charge is -2.26. The van der Waals surface area contributed by atoms with E-state index in [1.54, 1.807) is 0 Å². The zero-order valence-electron chi connectivity index (χ0n) is 11.6. The van der Waals surface area contributed by atoms with E-state index in [1.807, 2.05) is 29.5 Å². The van der Waals surface area contributed by atoms with Gasteiger partial charge in [0.25, 0.3) is 11.6 Å². The van der Waals surface area contributed by atoms with E-state index in [-0.39, 0.29) is 17.7 Å². The third-order valence-electron chi connectivity index (χ3n) is 3.02. The molecule has 7 nitrogen and oxygen atoms in total. The lowest BCUT2D eigenvalue weighted by molar-refractivity contribution is -0.384. The maximum absolute atomic E-state index is 12.2. The number of carbonyl (C=O) groups excluding carboxylic acids is 1. The SMILES string of the molecule is CCCC(C)(NC(=O)c1cc([N+](=O)[O-])ccc1I)C(=O)O. The van der Waals surface area contributed by atoms with Gasteiger partial charge in [0.1, 0.15) is 5.54 Å². The van der Waals surface area contributed by atoms with Gasteiger partial charge in [-0.15, -0.1) is 0 Å². The van der Waals surface area contributed by atoms with Crippen LogP contribution in [0.3, 0.4) is 0 Å². The molecular formula is C13H15IN2O5. The third-order valence-corrected chi connectivity index (χ3v) is 3.96. The Morgan fingerprint density at radius 1 is 1.48 bits per heavy atom. The van der Waals surface area contributed by atoms with Crippen molar-refractivity contribution in [1.82, 2.24) is 5.32 Å². The number of nitro benzene ring substituents is 1. The number of benzene rings is 1. The first-order valence-corrected chi connectivity index (χ1v) is 7.29. The van der Waals surface area contributed by atoms with Crippen LogP contribution in [0.25, 0.3) is 0 Å². The number of nitro groups is 1. The summed E-state index contributed by atoms with van der Waals surface area (Å²) < 4.78 is 0.514. The molecular weight excluding hydrogens is 391 g/mol. The molecule has 0 heterocycles. The maximum Gasteiger partial charge on any atom is 0.329 e. The number of hydrogen-bond acceptors (Lipinski definition) is 4. The molecule has 0 saturated carbocycles. The lowest BCUT2D eigenvalue weighted by Crippen LogP contribution is -2.52. The predicted octanol–water partition coefficient (Wildman–Crippen LogP) is 2.57. The fourth-order valence-electron chi connectivity index (χ4n) is 1.84. The van der Waals surface area contributed by atoms with Gasteiger partial charge in [-0.05, 0) is 42.0 Å². The van der Waals surface area contributed by atoms with Gasteiger partial charge in [0.2, 0.25) is 0 Å². The second kappa shape index (κ2) is 6.83. The Hall–Kier alpha value is -1.71. The summed E-state index contributed by atoms with van der Waals surface area (Å²) >= 11 is 1.88. The van der Waals surface area contributed by atoms with E-state index in [0.717, 1.165) is 6.07 Å². The van der Waals surface area contributed by atoms with Gasteiger partial charge >= 0.3 is 5.97 Å². The van der Waals surface area contributed by atoms with Crippen molar-refractivity contribution in [2.24, 2.45) is 0 Å². The molecule has 0 fully saturated rings. The summed E-state index contributed by atoms with van der Waals surface area (Å²) in [5.74, 6) is -1.78. The van der Waals surface area contributed by atoms with Crippen LogP contribution in [0, 0.1) is 13.7 Å². The number of halogens is 1. The highest BCUT2D eigenvalue weighted by atomic mass is 127. The maximum atomic E-state index is 12.2. The van der Waals surface area contributed by atoms with Crippen LogP contribution in [0.4, 0.5) is 5.69 Å². The summed E-state index contributed by atoms with van der Waals surface area (Å²) in [7, 11) is 0.